The van der Waals surface area contributed by atoms with Crippen molar-refractivity contribution in [1.82, 2.24) is 24.6 Å². The molecule has 0 saturated carbocycles. The Morgan fingerprint density at radius 2 is 1.88 bits per heavy atom. The standard InChI is InChI=1S/C23H25N7O3/c24-6-1-7-30-19-5-3-14(21(25)31)12-16(19)20(28-30)22-26-17-4-2-15(13-18(17)27-22)23(32)29-8-10-33-11-9-29/h2-5,12-13H,1,6-11,24H2,(H2,25,31)(H,26,27). The molecule has 1 aliphatic heterocycles. The lowest BCUT2D eigenvalue weighted by Gasteiger charge is -2.26. The molecular formula is C23H25N7O3. The van der Waals surface area contributed by atoms with Gasteiger partial charge < -0.3 is 26.1 Å². The van der Waals surface area contributed by atoms with Gasteiger partial charge >= 0.3 is 0 Å². The van der Waals surface area contributed by atoms with Crippen LogP contribution in [0, 0.1) is 0 Å². The monoisotopic (exact) mass is 447 g/mol. The normalized spacial score (nSPS) is 14.3. The molecule has 2 aromatic carbocycles. The Morgan fingerprint density at radius 1 is 1.09 bits per heavy atom. The molecule has 0 aliphatic carbocycles. The Labute approximate surface area is 189 Å². The van der Waals surface area contributed by atoms with E-state index in [9.17, 15) is 9.59 Å². The van der Waals surface area contributed by atoms with Crippen molar-refractivity contribution in [3.05, 3.63) is 47.5 Å². The molecule has 1 saturated heterocycles. The molecule has 0 atom stereocenters. The van der Waals surface area contributed by atoms with E-state index in [2.05, 4.69) is 4.98 Å². The number of H-pyrrole nitrogens is 1. The van der Waals surface area contributed by atoms with Crippen LogP contribution in [0.15, 0.2) is 36.4 Å². The second-order valence-corrected chi connectivity index (χ2v) is 8.03. The molecule has 10 heteroatoms. The Hall–Kier alpha value is -3.76. The summed E-state index contributed by atoms with van der Waals surface area (Å²) in [5.41, 5.74) is 15.1. The van der Waals surface area contributed by atoms with Gasteiger partial charge in [-0.25, -0.2) is 4.98 Å². The summed E-state index contributed by atoms with van der Waals surface area (Å²) in [6.45, 7) is 3.45. The number of nitrogens with zero attached hydrogens (tertiary/aromatic N) is 4. The first-order chi connectivity index (χ1) is 16.0. The lowest BCUT2D eigenvalue weighted by Crippen LogP contribution is -2.40. The summed E-state index contributed by atoms with van der Waals surface area (Å²) in [5, 5.41) is 5.52. The number of nitrogens with two attached hydrogens (primary N) is 2. The van der Waals surface area contributed by atoms with Crippen LogP contribution in [-0.2, 0) is 11.3 Å². The Kier molecular flexibility index (Phi) is 5.53. The van der Waals surface area contributed by atoms with Crippen molar-refractivity contribution in [1.29, 1.82) is 0 Å². The van der Waals surface area contributed by atoms with Crippen LogP contribution < -0.4 is 11.5 Å². The summed E-state index contributed by atoms with van der Waals surface area (Å²) >= 11 is 0. The topological polar surface area (TPSA) is 145 Å². The Bertz CT molecular complexity index is 1350. The highest BCUT2D eigenvalue weighted by atomic mass is 16.5. The maximum Gasteiger partial charge on any atom is 0.254 e. The smallest absolute Gasteiger partial charge is 0.254 e. The van der Waals surface area contributed by atoms with E-state index in [1.165, 1.54) is 0 Å². The minimum atomic E-state index is -0.506. The third kappa shape index (κ3) is 3.94. The third-order valence-corrected chi connectivity index (χ3v) is 5.86. The molecule has 0 spiro atoms. The number of ether oxygens (including phenoxy) is 1. The molecule has 4 aromatic rings. The number of aromatic nitrogens is 4. The lowest BCUT2D eigenvalue weighted by molar-refractivity contribution is 0.0303. The predicted molar refractivity (Wildman–Crippen MR) is 124 cm³/mol. The van der Waals surface area contributed by atoms with E-state index in [4.69, 9.17) is 26.3 Å². The number of hydrogen-bond acceptors (Lipinski definition) is 6. The molecule has 0 bridgehead atoms. The summed E-state index contributed by atoms with van der Waals surface area (Å²) in [5.74, 6) is 0.0199. The van der Waals surface area contributed by atoms with Gasteiger partial charge in [0.05, 0.1) is 29.8 Å². The highest BCUT2D eigenvalue weighted by molar-refractivity contribution is 6.01. The number of carbonyl (C=O) groups excluding carboxylic acids is 2. The van der Waals surface area contributed by atoms with Gasteiger partial charge in [0.25, 0.3) is 5.91 Å². The number of hydrogen-bond donors (Lipinski definition) is 3. The molecule has 1 fully saturated rings. The van der Waals surface area contributed by atoms with Crippen molar-refractivity contribution in [3.8, 4) is 11.5 Å². The van der Waals surface area contributed by atoms with E-state index in [-0.39, 0.29) is 5.91 Å². The highest BCUT2D eigenvalue weighted by Crippen LogP contribution is 2.29. The van der Waals surface area contributed by atoms with E-state index >= 15 is 0 Å². The van der Waals surface area contributed by atoms with Crippen LogP contribution in [0.25, 0.3) is 33.5 Å². The van der Waals surface area contributed by atoms with Gasteiger partial charge in [0.2, 0.25) is 5.91 Å². The summed E-state index contributed by atoms with van der Waals surface area (Å²) in [6.07, 6.45) is 0.765. The maximum atomic E-state index is 12.9. The molecule has 10 nitrogen and oxygen atoms in total. The molecule has 0 radical (unpaired) electrons. The van der Waals surface area contributed by atoms with Crippen LogP contribution in [0.4, 0.5) is 0 Å². The van der Waals surface area contributed by atoms with Crippen LogP contribution in [0.3, 0.4) is 0 Å². The fourth-order valence-electron chi connectivity index (χ4n) is 4.12. The molecule has 1 aliphatic rings. The summed E-state index contributed by atoms with van der Waals surface area (Å²) in [4.78, 5) is 34.4. The second-order valence-electron chi connectivity index (χ2n) is 8.03. The Balaban J connectivity index is 1.56. The average molecular weight is 447 g/mol. The summed E-state index contributed by atoms with van der Waals surface area (Å²) < 4.78 is 7.20. The van der Waals surface area contributed by atoms with Crippen molar-refractivity contribution in [2.45, 2.75) is 13.0 Å². The molecule has 5 rings (SSSR count). The number of nitrogens with one attached hydrogen (secondary N) is 1. The van der Waals surface area contributed by atoms with E-state index < -0.39 is 5.91 Å². The van der Waals surface area contributed by atoms with E-state index in [1.807, 2.05) is 22.9 Å². The molecule has 5 N–H and O–H groups in total. The number of fused-ring (bicyclic) bond motifs is 2. The summed E-state index contributed by atoms with van der Waals surface area (Å²) in [6, 6.07) is 10.7. The number of carbonyl (C=O) groups is 2. The van der Waals surface area contributed by atoms with Crippen LogP contribution >= 0.6 is 0 Å². The van der Waals surface area contributed by atoms with Gasteiger partial charge in [-0.15, -0.1) is 0 Å². The lowest BCUT2D eigenvalue weighted by atomic mass is 10.1. The average Bonchev–Trinajstić information content (AvgIpc) is 3.43. The molecule has 3 heterocycles. The minimum absolute atomic E-state index is 0.0287. The number of aryl methyl sites for hydroxylation is 1. The number of amides is 2. The number of morpholine rings is 1. The van der Waals surface area contributed by atoms with E-state index in [1.54, 1.807) is 23.1 Å². The van der Waals surface area contributed by atoms with Gasteiger partial charge in [-0.3, -0.25) is 14.3 Å². The van der Waals surface area contributed by atoms with E-state index in [0.29, 0.717) is 62.0 Å². The number of rotatable bonds is 6. The van der Waals surface area contributed by atoms with Gasteiger partial charge in [0.1, 0.15) is 5.69 Å². The van der Waals surface area contributed by atoms with Gasteiger partial charge in [-0.2, -0.15) is 5.10 Å². The first-order valence-electron chi connectivity index (χ1n) is 10.9. The number of primary amides is 1. The first kappa shape index (κ1) is 21.1. The fourth-order valence-corrected chi connectivity index (χ4v) is 4.12. The second kappa shape index (κ2) is 8.64. The predicted octanol–water partition coefficient (Wildman–Crippen LogP) is 1.50. The van der Waals surface area contributed by atoms with Crippen molar-refractivity contribution >= 4 is 33.8 Å². The molecule has 2 aromatic heterocycles. The Morgan fingerprint density at radius 3 is 2.64 bits per heavy atom. The van der Waals surface area contributed by atoms with Crippen molar-refractivity contribution in [2.24, 2.45) is 11.5 Å². The van der Waals surface area contributed by atoms with Gasteiger partial charge in [-0.1, -0.05) is 0 Å². The third-order valence-electron chi connectivity index (χ3n) is 5.86. The van der Waals surface area contributed by atoms with Crippen LogP contribution in [0.5, 0.6) is 0 Å². The summed E-state index contributed by atoms with van der Waals surface area (Å²) in [7, 11) is 0. The quantitative estimate of drug-likeness (QED) is 0.408. The molecular weight excluding hydrogens is 422 g/mol. The number of benzene rings is 2. The maximum absolute atomic E-state index is 12.9. The van der Waals surface area contributed by atoms with Gasteiger partial charge in [-0.05, 0) is 49.4 Å². The SMILES string of the molecule is NCCCn1nc(-c2nc3ccc(C(=O)N4CCOCC4)cc3[nH]2)c2cc(C(N)=O)ccc21. The van der Waals surface area contributed by atoms with Crippen LogP contribution in [0.2, 0.25) is 0 Å². The molecule has 0 unspecified atom stereocenters. The first-order valence-corrected chi connectivity index (χ1v) is 10.9. The van der Waals surface area contributed by atoms with Gasteiger partial charge in [0.15, 0.2) is 5.82 Å². The van der Waals surface area contributed by atoms with Gasteiger partial charge in [0, 0.05) is 36.1 Å². The van der Waals surface area contributed by atoms with Crippen LogP contribution in [-0.4, -0.2) is 69.3 Å². The molecule has 2 amide bonds. The van der Waals surface area contributed by atoms with Crippen molar-refractivity contribution in [3.63, 3.8) is 0 Å². The minimum Gasteiger partial charge on any atom is -0.378 e. The number of aromatic amines is 1. The zero-order valence-electron chi connectivity index (χ0n) is 18.1. The van der Waals surface area contributed by atoms with E-state index in [0.717, 1.165) is 28.4 Å². The van der Waals surface area contributed by atoms with Crippen molar-refractivity contribution < 1.29 is 14.3 Å². The fraction of sp³-hybridized carbons (Fsp3) is 0.304. The largest absolute Gasteiger partial charge is 0.378 e. The number of imidazole rings is 1. The van der Waals surface area contributed by atoms with Crippen molar-refractivity contribution in [2.75, 3.05) is 32.8 Å². The highest BCUT2D eigenvalue weighted by Gasteiger charge is 2.21. The van der Waals surface area contributed by atoms with Crippen LogP contribution in [0.1, 0.15) is 27.1 Å². The molecule has 170 valence electrons. The zero-order chi connectivity index (χ0) is 22.9. The molecule has 33 heavy (non-hydrogen) atoms. The zero-order valence-corrected chi connectivity index (χ0v) is 18.1.